The first-order chi connectivity index (χ1) is 8.41. The van der Waals surface area contributed by atoms with Gasteiger partial charge in [0.2, 0.25) is 5.91 Å². The van der Waals surface area contributed by atoms with E-state index >= 15 is 0 Å². The normalized spacial score (nSPS) is 11.6. The van der Waals surface area contributed by atoms with Crippen molar-refractivity contribution in [3.63, 3.8) is 0 Å². The molecule has 0 aliphatic heterocycles. The molecule has 100 valence electrons. The SMILES string of the molecule is CCC(C)(CC)NCc1ccc(C(N)=O)cc1F. The molecule has 0 saturated carbocycles. The highest BCUT2D eigenvalue weighted by atomic mass is 19.1. The van der Waals surface area contributed by atoms with Gasteiger partial charge in [-0.1, -0.05) is 19.9 Å². The van der Waals surface area contributed by atoms with E-state index in [-0.39, 0.29) is 11.1 Å². The van der Waals surface area contributed by atoms with E-state index in [0.29, 0.717) is 12.1 Å². The number of hydrogen-bond donors (Lipinski definition) is 2. The predicted octanol–water partition coefficient (Wildman–Crippen LogP) is 2.59. The molecular weight excluding hydrogens is 231 g/mol. The van der Waals surface area contributed by atoms with Gasteiger partial charge in [0.05, 0.1) is 0 Å². The van der Waals surface area contributed by atoms with Crippen molar-refractivity contribution in [2.75, 3.05) is 0 Å². The minimum atomic E-state index is -0.611. The Bertz CT molecular complexity index is 428. The second-order valence-corrected chi connectivity index (χ2v) is 4.79. The van der Waals surface area contributed by atoms with Gasteiger partial charge in [-0.25, -0.2) is 4.39 Å². The zero-order valence-electron chi connectivity index (χ0n) is 11.2. The van der Waals surface area contributed by atoms with Gasteiger partial charge in [0.1, 0.15) is 5.82 Å². The van der Waals surface area contributed by atoms with Gasteiger partial charge in [-0.2, -0.15) is 0 Å². The van der Waals surface area contributed by atoms with Crippen LogP contribution in [0.5, 0.6) is 0 Å². The van der Waals surface area contributed by atoms with E-state index in [0.717, 1.165) is 12.8 Å². The molecule has 0 aliphatic carbocycles. The van der Waals surface area contributed by atoms with Gasteiger partial charge in [-0.3, -0.25) is 4.79 Å². The average Bonchev–Trinajstić information content (AvgIpc) is 2.36. The quantitative estimate of drug-likeness (QED) is 0.817. The molecule has 1 amide bonds. The van der Waals surface area contributed by atoms with Crippen molar-refractivity contribution < 1.29 is 9.18 Å². The van der Waals surface area contributed by atoms with Crippen LogP contribution in [0.4, 0.5) is 4.39 Å². The average molecular weight is 252 g/mol. The standard InChI is InChI=1S/C14H21FN2O/c1-4-14(3,5-2)17-9-11-7-6-10(13(16)18)8-12(11)15/h6-8,17H,4-5,9H2,1-3H3,(H2,16,18). The fourth-order valence-corrected chi connectivity index (χ4v) is 1.65. The molecule has 0 aromatic heterocycles. The molecule has 0 bridgehead atoms. The van der Waals surface area contributed by atoms with Gasteiger partial charge in [0.15, 0.2) is 0 Å². The van der Waals surface area contributed by atoms with Crippen molar-refractivity contribution in [3.8, 4) is 0 Å². The van der Waals surface area contributed by atoms with E-state index in [1.807, 2.05) is 0 Å². The summed E-state index contributed by atoms with van der Waals surface area (Å²) in [7, 11) is 0. The summed E-state index contributed by atoms with van der Waals surface area (Å²) in [6, 6.07) is 4.35. The van der Waals surface area contributed by atoms with Crippen LogP contribution in [-0.4, -0.2) is 11.4 Å². The topological polar surface area (TPSA) is 55.1 Å². The van der Waals surface area contributed by atoms with Crippen molar-refractivity contribution in [2.24, 2.45) is 5.73 Å². The third-order valence-corrected chi connectivity index (χ3v) is 3.60. The number of amides is 1. The predicted molar refractivity (Wildman–Crippen MR) is 70.7 cm³/mol. The molecule has 18 heavy (non-hydrogen) atoms. The minimum Gasteiger partial charge on any atom is -0.366 e. The van der Waals surface area contributed by atoms with Crippen LogP contribution in [0.15, 0.2) is 18.2 Å². The van der Waals surface area contributed by atoms with Crippen molar-refractivity contribution >= 4 is 5.91 Å². The smallest absolute Gasteiger partial charge is 0.248 e. The first kappa shape index (κ1) is 14.6. The Morgan fingerprint density at radius 3 is 2.44 bits per heavy atom. The van der Waals surface area contributed by atoms with E-state index in [1.165, 1.54) is 6.07 Å². The van der Waals surface area contributed by atoms with Crippen LogP contribution in [0, 0.1) is 5.82 Å². The van der Waals surface area contributed by atoms with E-state index < -0.39 is 11.7 Å². The maximum absolute atomic E-state index is 13.7. The van der Waals surface area contributed by atoms with E-state index in [4.69, 9.17) is 5.73 Å². The largest absolute Gasteiger partial charge is 0.366 e. The molecule has 0 fully saturated rings. The number of carbonyl (C=O) groups excluding carboxylic acids is 1. The highest BCUT2D eigenvalue weighted by Crippen LogP contribution is 2.16. The second kappa shape index (κ2) is 5.96. The first-order valence-corrected chi connectivity index (χ1v) is 6.25. The molecule has 1 aromatic rings. The summed E-state index contributed by atoms with van der Waals surface area (Å²) in [6.07, 6.45) is 1.95. The monoisotopic (exact) mass is 252 g/mol. The molecule has 0 heterocycles. The van der Waals surface area contributed by atoms with E-state index in [1.54, 1.807) is 12.1 Å². The number of carbonyl (C=O) groups is 1. The lowest BCUT2D eigenvalue weighted by molar-refractivity contribution is 0.1000. The van der Waals surface area contributed by atoms with E-state index in [2.05, 4.69) is 26.1 Å². The number of rotatable bonds is 6. The summed E-state index contributed by atoms with van der Waals surface area (Å²) in [5, 5.41) is 3.35. The van der Waals surface area contributed by atoms with Gasteiger partial charge >= 0.3 is 0 Å². The molecule has 0 saturated heterocycles. The molecule has 0 unspecified atom stereocenters. The lowest BCUT2D eigenvalue weighted by Crippen LogP contribution is -2.40. The molecule has 0 aliphatic rings. The number of nitrogens with one attached hydrogen (secondary N) is 1. The zero-order valence-corrected chi connectivity index (χ0v) is 11.2. The number of hydrogen-bond acceptors (Lipinski definition) is 2. The summed E-state index contributed by atoms with van der Waals surface area (Å²) in [5.74, 6) is -1.01. The fraction of sp³-hybridized carbons (Fsp3) is 0.500. The minimum absolute atomic E-state index is 0.00873. The molecule has 0 radical (unpaired) electrons. The zero-order chi connectivity index (χ0) is 13.8. The van der Waals surface area contributed by atoms with Crippen LogP contribution in [0.1, 0.15) is 49.5 Å². The van der Waals surface area contributed by atoms with E-state index in [9.17, 15) is 9.18 Å². The molecule has 0 spiro atoms. The first-order valence-electron chi connectivity index (χ1n) is 6.25. The van der Waals surface area contributed by atoms with Crippen LogP contribution < -0.4 is 11.1 Å². The van der Waals surface area contributed by atoms with Gasteiger partial charge in [-0.05, 0) is 31.9 Å². The highest BCUT2D eigenvalue weighted by Gasteiger charge is 2.19. The number of benzene rings is 1. The summed E-state index contributed by atoms with van der Waals surface area (Å²) in [5.41, 5.74) is 5.85. The maximum atomic E-state index is 13.7. The summed E-state index contributed by atoms with van der Waals surface area (Å²) in [6.45, 7) is 6.76. The third kappa shape index (κ3) is 3.53. The number of halogens is 1. The molecule has 0 atom stereocenters. The second-order valence-electron chi connectivity index (χ2n) is 4.79. The molecule has 4 heteroatoms. The Labute approximate surface area is 108 Å². The van der Waals surface area contributed by atoms with Crippen LogP contribution in [-0.2, 0) is 6.54 Å². The summed E-state index contributed by atoms with van der Waals surface area (Å²) in [4.78, 5) is 10.9. The van der Waals surface area contributed by atoms with Gasteiger partial charge < -0.3 is 11.1 Å². The van der Waals surface area contributed by atoms with Crippen LogP contribution in [0.25, 0.3) is 0 Å². The molecule has 3 nitrogen and oxygen atoms in total. The Hall–Kier alpha value is -1.42. The number of nitrogens with two attached hydrogens (primary N) is 1. The van der Waals surface area contributed by atoms with Crippen molar-refractivity contribution in [1.82, 2.24) is 5.32 Å². The lowest BCUT2D eigenvalue weighted by atomic mass is 9.95. The van der Waals surface area contributed by atoms with Crippen LogP contribution in [0.2, 0.25) is 0 Å². The third-order valence-electron chi connectivity index (χ3n) is 3.60. The highest BCUT2D eigenvalue weighted by molar-refractivity contribution is 5.92. The molecule has 1 rings (SSSR count). The van der Waals surface area contributed by atoms with Crippen molar-refractivity contribution in [2.45, 2.75) is 45.7 Å². The lowest BCUT2D eigenvalue weighted by Gasteiger charge is -2.28. The molecular formula is C14H21FN2O. The van der Waals surface area contributed by atoms with Crippen molar-refractivity contribution in [3.05, 3.63) is 35.1 Å². The fourth-order valence-electron chi connectivity index (χ4n) is 1.65. The van der Waals surface area contributed by atoms with Gasteiger partial charge in [0.25, 0.3) is 0 Å². The Morgan fingerprint density at radius 2 is 2.00 bits per heavy atom. The molecule has 3 N–H and O–H groups in total. The van der Waals surface area contributed by atoms with Crippen LogP contribution in [0.3, 0.4) is 0 Å². The molecule has 1 aromatic carbocycles. The maximum Gasteiger partial charge on any atom is 0.248 e. The Kier molecular flexibility index (Phi) is 4.84. The van der Waals surface area contributed by atoms with Gasteiger partial charge in [-0.15, -0.1) is 0 Å². The summed E-state index contributed by atoms with van der Waals surface area (Å²) >= 11 is 0. The van der Waals surface area contributed by atoms with Crippen molar-refractivity contribution in [1.29, 1.82) is 0 Å². The Balaban J connectivity index is 2.77. The summed E-state index contributed by atoms with van der Waals surface area (Å²) < 4.78 is 13.7. The number of primary amides is 1. The van der Waals surface area contributed by atoms with Crippen LogP contribution >= 0.6 is 0 Å². The van der Waals surface area contributed by atoms with Gasteiger partial charge in [0, 0.05) is 23.2 Å². The Morgan fingerprint density at radius 1 is 1.39 bits per heavy atom.